The maximum atomic E-state index is 12.7. The number of fused-ring (bicyclic) bond motifs is 2. The molecule has 44 heavy (non-hydrogen) atoms. The van der Waals surface area contributed by atoms with E-state index in [1.54, 1.807) is 42.5 Å². The van der Waals surface area contributed by atoms with Crippen LogP contribution in [0.3, 0.4) is 0 Å². The average Bonchev–Trinajstić information content (AvgIpc) is 3.14. The summed E-state index contributed by atoms with van der Waals surface area (Å²) >= 11 is 12.2. The molecule has 4 aromatic rings. The predicted octanol–water partition coefficient (Wildman–Crippen LogP) is 7.42. The Morgan fingerprint density at radius 1 is 0.705 bits per heavy atom. The van der Waals surface area contributed by atoms with Crippen LogP contribution in [-0.4, -0.2) is 44.6 Å². The molecule has 0 saturated carbocycles. The van der Waals surface area contributed by atoms with Gasteiger partial charge >= 0.3 is 11.9 Å². The quantitative estimate of drug-likeness (QED) is 0.0865. The van der Waals surface area contributed by atoms with Gasteiger partial charge in [0.25, 0.3) is 0 Å². The number of aromatic hydroxyl groups is 5. The summed E-state index contributed by atoms with van der Waals surface area (Å²) < 4.78 is 15.9. The summed E-state index contributed by atoms with van der Waals surface area (Å²) in [6.07, 6.45) is 3.60. The van der Waals surface area contributed by atoms with Gasteiger partial charge < -0.3 is 39.7 Å². The first-order valence-electron chi connectivity index (χ1n) is 12.8. The highest BCUT2D eigenvalue weighted by atomic mass is 35.5. The van der Waals surface area contributed by atoms with E-state index >= 15 is 0 Å². The monoisotopic (exact) mass is 640 g/mol. The van der Waals surface area contributed by atoms with Gasteiger partial charge in [0.15, 0.2) is 23.0 Å². The molecule has 0 aromatic heterocycles. The van der Waals surface area contributed by atoms with Gasteiger partial charge in [-0.2, -0.15) is 0 Å². The molecule has 0 aliphatic carbocycles. The van der Waals surface area contributed by atoms with Crippen LogP contribution in [-0.2, 0) is 4.74 Å². The zero-order valence-corrected chi connectivity index (χ0v) is 25.2. The maximum Gasteiger partial charge on any atom is 0.347 e. The first kappa shape index (κ1) is 31.9. The summed E-state index contributed by atoms with van der Waals surface area (Å²) in [5.41, 5.74) is 1.89. The third-order valence-corrected chi connectivity index (χ3v) is 7.49. The van der Waals surface area contributed by atoms with E-state index in [0.717, 1.165) is 5.56 Å². The van der Waals surface area contributed by atoms with Crippen LogP contribution in [0.5, 0.6) is 46.0 Å². The Bertz CT molecular complexity index is 1810. The van der Waals surface area contributed by atoms with Crippen molar-refractivity contribution in [3.8, 4) is 46.0 Å². The molecule has 0 fully saturated rings. The second-order valence-corrected chi connectivity index (χ2v) is 10.4. The van der Waals surface area contributed by atoms with Gasteiger partial charge in [-0.15, -0.1) is 0 Å². The molecule has 1 heterocycles. The minimum Gasteiger partial charge on any atom is -0.508 e. The second kappa shape index (κ2) is 12.7. The molecule has 5 N–H and O–H groups in total. The lowest BCUT2D eigenvalue weighted by Gasteiger charge is -2.17. The normalized spacial score (nSPS) is 11.8. The molecule has 1 aliphatic heterocycles. The fraction of sp³-hybridized carbons (Fsp3) is 0.125. The lowest BCUT2D eigenvalue weighted by molar-refractivity contribution is 0.0595. The summed E-state index contributed by atoms with van der Waals surface area (Å²) in [7, 11) is 1.17. The molecule has 0 atom stereocenters. The van der Waals surface area contributed by atoms with Crippen LogP contribution >= 0.6 is 23.2 Å². The van der Waals surface area contributed by atoms with Crippen molar-refractivity contribution in [1.29, 1.82) is 0 Å². The van der Waals surface area contributed by atoms with E-state index in [0.29, 0.717) is 5.56 Å². The van der Waals surface area contributed by atoms with Crippen LogP contribution in [0.25, 0.3) is 12.2 Å². The SMILES string of the molecule is COC(=O)c1c(C)c2c(c(C)c1O)OC(=O)c1c(C)c(Cl)c(O)c(Cl)c1O2.Oc1ccc(C=Cc2cc(O)cc(O)c2)cc1. The Morgan fingerprint density at radius 2 is 1.27 bits per heavy atom. The molecule has 0 saturated heterocycles. The number of hydrogen-bond acceptors (Lipinski definition) is 10. The first-order valence-corrected chi connectivity index (χ1v) is 13.6. The number of phenolic OH excluding ortho intramolecular Hbond substituents is 5. The van der Waals surface area contributed by atoms with Crippen molar-refractivity contribution in [2.24, 2.45) is 0 Å². The van der Waals surface area contributed by atoms with E-state index in [2.05, 4.69) is 0 Å². The summed E-state index contributed by atoms with van der Waals surface area (Å²) in [6.45, 7) is 4.43. The van der Waals surface area contributed by atoms with Crippen molar-refractivity contribution >= 4 is 47.3 Å². The molecule has 0 spiro atoms. The van der Waals surface area contributed by atoms with Crippen molar-refractivity contribution in [2.45, 2.75) is 20.8 Å². The predicted molar refractivity (Wildman–Crippen MR) is 164 cm³/mol. The van der Waals surface area contributed by atoms with Crippen molar-refractivity contribution < 1.29 is 49.3 Å². The van der Waals surface area contributed by atoms with Crippen LogP contribution in [0.15, 0.2) is 42.5 Å². The molecule has 5 rings (SSSR count). The lowest BCUT2D eigenvalue weighted by Crippen LogP contribution is -2.11. The molecule has 4 aromatic carbocycles. The minimum absolute atomic E-state index is 0.0131. The summed E-state index contributed by atoms with van der Waals surface area (Å²) in [4.78, 5) is 24.8. The van der Waals surface area contributed by atoms with E-state index in [9.17, 15) is 30.0 Å². The van der Waals surface area contributed by atoms with Gasteiger partial charge in [0, 0.05) is 17.2 Å². The lowest BCUT2D eigenvalue weighted by atomic mass is 10.0. The van der Waals surface area contributed by atoms with Crippen LogP contribution in [0, 0.1) is 20.8 Å². The third kappa shape index (κ3) is 6.17. The van der Waals surface area contributed by atoms with Gasteiger partial charge in [0.2, 0.25) is 0 Å². The van der Waals surface area contributed by atoms with Crippen LogP contribution in [0.4, 0.5) is 0 Å². The van der Waals surface area contributed by atoms with Gasteiger partial charge in [-0.1, -0.05) is 47.5 Å². The minimum atomic E-state index is -0.835. The van der Waals surface area contributed by atoms with Crippen LogP contribution in [0.1, 0.15) is 48.5 Å². The smallest absolute Gasteiger partial charge is 0.347 e. The fourth-order valence-corrected chi connectivity index (χ4v) is 4.84. The van der Waals surface area contributed by atoms with Gasteiger partial charge in [0.1, 0.15) is 39.1 Å². The fourth-order valence-electron chi connectivity index (χ4n) is 4.38. The van der Waals surface area contributed by atoms with Gasteiger partial charge in [-0.05, 0) is 61.7 Å². The molecule has 228 valence electrons. The number of benzene rings is 4. The van der Waals surface area contributed by atoms with E-state index in [1.165, 1.54) is 33.9 Å². The Morgan fingerprint density at radius 3 is 1.86 bits per heavy atom. The zero-order valence-electron chi connectivity index (χ0n) is 23.7. The molecule has 0 unspecified atom stereocenters. The van der Waals surface area contributed by atoms with Crippen molar-refractivity contribution in [3.63, 3.8) is 0 Å². The zero-order chi connectivity index (χ0) is 32.5. The number of phenols is 5. The second-order valence-electron chi connectivity index (χ2n) is 9.63. The van der Waals surface area contributed by atoms with Gasteiger partial charge in [0.05, 0.1) is 12.1 Å². The molecule has 0 radical (unpaired) electrons. The number of ether oxygens (including phenoxy) is 3. The van der Waals surface area contributed by atoms with Crippen molar-refractivity contribution in [2.75, 3.05) is 7.11 Å². The standard InChI is InChI=1S/C18H14Cl2O7.C14H12O3/c1-5-9-16(11(20)13(22)10(5)19)26-14-6(2)8(17(23)25-4)12(21)7(3)15(14)27-18(9)24;15-12-5-3-10(4-6-12)1-2-11-7-13(16)9-14(17)8-11/h21-22H,1-4H3;1-9,15-17H. The molecule has 12 heteroatoms. The maximum absolute atomic E-state index is 12.7. The number of hydrogen-bond donors (Lipinski definition) is 5. The molecule has 10 nitrogen and oxygen atoms in total. The number of methoxy groups -OCH3 is 1. The number of carbonyl (C=O) groups excluding carboxylic acids is 2. The summed E-state index contributed by atoms with van der Waals surface area (Å²) in [5, 5.41) is 47.8. The highest BCUT2D eigenvalue weighted by Crippen LogP contribution is 2.52. The van der Waals surface area contributed by atoms with Crippen LogP contribution in [0.2, 0.25) is 10.0 Å². The summed E-state index contributed by atoms with van der Waals surface area (Å²) in [5.74, 6) is -2.47. The largest absolute Gasteiger partial charge is 0.508 e. The molecule has 0 amide bonds. The first-order chi connectivity index (χ1) is 20.7. The highest BCUT2D eigenvalue weighted by molar-refractivity contribution is 6.39. The number of esters is 2. The van der Waals surface area contributed by atoms with E-state index in [-0.39, 0.29) is 72.4 Å². The van der Waals surface area contributed by atoms with Crippen molar-refractivity contribution in [1.82, 2.24) is 0 Å². The number of carbonyl (C=O) groups is 2. The Kier molecular flexibility index (Phi) is 9.17. The molecular weight excluding hydrogens is 615 g/mol. The molecule has 1 aliphatic rings. The number of halogens is 2. The van der Waals surface area contributed by atoms with Crippen LogP contribution < -0.4 is 9.47 Å². The average molecular weight is 641 g/mol. The van der Waals surface area contributed by atoms with Gasteiger partial charge in [-0.25, -0.2) is 9.59 Å². The molecule has 0 bridgehead atoms. The highest BCUT2D eigenvalue weighted by Gasteiger charge is 2.35. The molecular formula is C32H26Cl2O10. The topological polar surface area (TPSA) is 163 Å². The van der Waals surface area contributed by atoms with Gasteiger partial charge in [-0.3, -0.25) is 0 Å². The Labute approximate surface area is 261 Å². The Hall–Kier alpha value is -5.06. The van der Waals surface area contributed by atoms with E-state index in [1.807, 2.05) is 6.08 Å². The van der Waals surface area contributed by atoms with E-state index < -0.39 is 23.4 Å². The number of rotatable bonds is 3. The van der Waals surface area contributed by atoms with E-state index in [4.69, 9.17) is 42.5 Å². The van der Waals surface area contributed by atoms with Crippen molar-refractivity contribution in [3.05, 3.63) is 91.5 Å². The summed E-state index contributed by atoms with van der Waals surface area (Å²) in [6, 6.07) is 11.1. The Balaban J connectivity index is 0.000000223. The third-order valence-electron chi connectivity index (χ3n) is 6.68.